The van der Waals surface area contributed by atoms with E-state index in [1.165, 1.54) is 15.9 Å². The Morgan fingerprint density at radius 1 is 1.25 bits per heavy atom. The van der Waals surface area contributed by atoms with Crippen molar-refractivity contribution in [3.8, 4) is 0 Å². The van der Waals surface area contributed by atoms with E-state index in [1.54, 1.807) is 11.8 Å². The van der Waals surface area contributed by atoms with Crippen LogP contribution in [0.15, 0.2) is 35.4 Å². The lowest BCUT2D eigenvalue weighted by Gasteiger charge is -2.11. The van der Waals surface area contributed by atoms with Crippen LogP contribution in [0.2, 0.25) is 0 Å². The van der Waals surface area contributed by atoms with Gasteiger partial charge in [0.1, 0.15) is 0 Å². The van der Waals surface area contributed by atoms with Crippen molar-refractivity contribution in [2.75, 3.05) is 0 Å². The molecule has 0 spiro atoms. The number of rotatable bonds is 2. The molecule has 1 aliphatic rings. The number of hydrogen-bond acceptors (Lipinski definition) is 2. The van der Waals surface area contributed by atoms with Crippen molar-refractivity contribution in [1.82, 2.24) is 4.98 Å². The summed E-state index contributed by atoms with van der Waals surface area (Å²) in [6.45, 7) is 0. The molecule has 0 unspecified atom stereocenters. The van der Waals surface area contributed by atoms with Gasteiger partial charge in [-0.3, -0.25) is 0 Å². The second kappa shape index (κ2) is 4.15. The summed E-state index contributed by atoms with van der Waals surface area (Å²) in [5, 5.41) is 12.6. The van der Waals surface area contributed by atoms with E-state index >= 15 is 0 Å². The van der Waals surface area contributed by atoms with Crippen molar-refractivity contribution in [1.29, 1.82) is 0 Å². The standard InChI is InChI=1S/C13H15NOS/c15-11-6-3-7-12(11)16-13-8-9-4-1-2-5-10(9)14-13/h1-2,4-5,8,11-12,14-15H,3,6-7H2/t11-,12-/m1/s1. The minimum Gasteiger partial charge on any atom is -0.392 e. The van der Waals surface area contributed by atoms with Crippen molar-refractivity contribution in [2.24, 2.45) is 0 Å². The first kappa shape index (κ1) is 10.2. The highest BCUT2D eigenvalue weighted by Gasteiger charge is 2.26. The summed E-state index contributed by atoms with van der Waals surface area (Å²) < 4.78 is 0. The van der Waals surface area contributed by atoms with E-state index in [1.807, 2.05) is 6.07 Å². The number of aliphatic hydroxyl groups excluding tert-OH is 1. The minimum absolute atomic E-state index is 0.128. The molecule has 3 heteroatoms. The molecular weight excluding hydrogens is 218 g/mol. The van der Waals surface area contributed by atoms with Crippen LogP contribution >= 0.6 is 11.8 Å². The van der Waals surface area contributed by atoms with Gasteiger partial charge in [0.2, 0.25) is 0 Å². The van der Waals surface area contributed by atoms with E-state index in [0.717, 1.165) is 19.3 Å². The van der Waals surface area contributed by atoms with Crippen LogP contribution in [0.25, 0.3) is 10.9 Å². The summed E-state index contributed by atoms with van der Waals surface area (Å²) in [7, 11) is 0. The van der Waals surface area contributed by atoms with Crippen LogP contribution in [0.4, 0.5) is 0 Å². The van der Waals surface area contributed by atoms with Gasteiger partial charge in [-0.1, -0.05) is 18.2 Å². The third kappa shape index (κ3) is 1.85. The van der Waals surface area contributed by atoms with Gasteiger partial charge in [-0.25, -0.2) is 0 Å². The average molecular weight is 233 g/mol. The molecule has 0 amide bonds. The molecule has 1 aliphatic carbocycles. The fourth-order valence-corrected chi connectivity index (χ4v) is 3.58. The molecule has 0 saturated heterocycles. The number of para-hydroxylation sites is 1. The van der Waals surface area contributed by atoms with Crippen LogP contribution < -0.4 is 0 Å². The molecule has 16 heavy (non-hydrogen) atoms. The molecule has 0 aliphatic heterocycles. The molecule has 2 nitrogen and oxygen atoms in total. The summed E-state index contributed by atoms with van der Waals surface area (Å²) in [4.78, 5) is 3.39. The van der Waals surface area contributed by atoms with Crippen LogP contribution in [0, 0.1) is 0 Å². The lowest BCUT2D eigenvalue weighted by atomic mass is 10.3. The second-order valence-corrected chi connectivity index (χ2v) is 5.66. The van der Waals surface area contributed by atoms with E-state index < -0.39 is 0 Å². The van der Waals surface area contributed by atoms with Crippen LogP contribution in [0.3, 0.4) is 0 Å². The zero-order chi connectivity index (χ0) is 11.0. The van der Waals surface area contributed by atoms with Crippen molar-refractivity contribution in [3.05, 3.63) is 30.3 Å². The number of H-pyrrole nitrogens is 1. The maximum atomic E-state index is 9.79. The van der Waals surface area contributed by atoms with Gasteiger partial charge in [0.25, 0.3) is 0 Å². The largest absolute Gasteiger partial charge is 0.392 e. The van der Waals surface area contributed by atoms with Gasteiger partial charge in [0, 0.05) is 16.2 Å². The number of hydrogen-bond donors (Lipinski definition) is 2. The van der Waals surface area contributed by atoms with E-state index in [9.17, 15) is 5.11 Å². The first-order chi connectivity index (χ1) is 7.83. The third-order valence-electron chi connectivity index (χ3n) is 3.20. The van der Waals surface area contributed by atoms with Gasteiger partial charge in [0.05, 0.1) is 11.1 Å². The maximum absolute atomic E-state index is 9.79. The molecule has 1 heterocycles. The maximum Gasteiger partial charge on any atom is 0.0736 e. The SMILES string of the molecule is O[C@@H]1CCC[C@H]1Sc1cc2ccccc2[nH]1. The number of aromatic nitrogens is 1. The van der Waals surface area contributed by atoms with Gasteiger partial charge in [0.15, 0.2) is 0 Å². The highest BCUT2D eigenvalue weighted by atomic mass is 32.2. The Bertz CT molecular complexity index is 460. The van der Waals surface area contributed by atoms with Crippen molar-refractivity contribution in [2.45, 2.75) is 35.6 Å². The molecule has 0 bridgehead atoms. The zero-order valence-corrected chi connectivity index (χ0v) is 9.83. The van der Waals surface area contributed by atoms with Crippen LogP contribution in [0.1, 0.15) is 19.3 Å². The lowest BCUT2D eigenvalue weighted by molar-refractivity contribution is 0.188. The van der Waals surface area contributed by atoms with Crippen LogP contribution in [-0.4, -0.2) is 21.4 Å². The summed E-state index contributed by atoms with van der Waals surface area (Å²) in [6.07, 6.45) is 3.11. The Morgan fingerprint density at radius 2 is 2.12 bits per heavy atom. The monoisotopic (exact) mass is 233 g/mol. The van der Waals surface area contributed by atoms with E-state index in [2.05, 4.69) is 29.2 Å². The number of nitrogens with one attached hydrogen (secondary N) is 1. The van der Waals surface area contributed by atoms with Crippen LogP contribution in [0.5, 0.6) is 0 Å². The van der Waals surface area contributed by atoms with Gasteiger partial charge in [-0.15, -0.1) is 11.8 Å². The smallest absolute Gasteiger partial charge is 0.0736 e. The first-order valence-corrected chi connectivity index (χ1v) is 6.63. The summed E-state index contributed by atoms with van der Waals surface area (Å²) in [5.74, 6) is 0. The molecule has 2 atom stereocenters. The number of fused-ring (bicyclic) bond motifs is 1. The Hall–Kier alpha value is -0.930. The van der Waals surface area contributed by atoms with Crippen LogP contribution in [-0.2, 0) is 0 Å². The molecule has 2 aromatic rings. The van der Waals surface area contributed by atoms with Gasteiger partial charge < -0.3 is 10.1 Å². The normalized spacial score (nSPS) is 25.3. The minimum atomic E-state index is -0.128. The quantitative estimate of drug-likeness (QED) is 0.835. The van der Waals surface area contributed by atoms with Gasteiger partial charge in [-0.05, 0) is 31.4 Å². The topological polar surface area (TPSA) is 36.0 Å². The average Bonchev–Trinajstić information content (AvgIpc) is 2.85. The molecule has 1 fully saturated rings. The fourth-order valence-electron chi connectivity index (χ4n) is 2.32. The fraction of sp³-hybridized carbons (Fsp3) is 0.385. The third-order valence-corrected chi connectivity index (χ3v) is 4.53. The van der Waals surface area contributed by atoms with E-state index in [0.29, 0.717) is 5.25 Å². The summed E-state index contributed by atoms with van der Waals surface area (Å²) in [6, 6.07) is 10.5. The molecule has 1 aromatic heterocycles. The molecule has 3 rings (SSSR count). The lowest BCUT2D eigenvalue weighted by Crippen LogP contribution is -2.14. The predicted molar refractivity (Wildman–Crippen MR) is 67.8 cm³/mol. The van der Waals surface area contributed by atoms with E-state index in [4.69, 9.17) is 0 Å². The second-order valence-electron chi connectivity index (χ2n) is 4.38. The first-order valence-electron chi connectivity index (χ1n) is 5.75. The molecule has 1 aromatic carbocycles. The number of aromatic amines is 1. The van der Waals surface area contributed by atoms with Crippen molar-refractivity contribution >= 4 is 22.7 Å². The molecule has 0 radical (unpaired) electrons. The Morgan fingerprint density at radius 3 is 2.88 bits per heavy atom. The number of thioether (sulfide) groups is 1. The number of benzene rings is 1. The highest BCUT2D eigenvalue weighted by molar-refractivity contribution is 7.99. The van der Waals surface area contributed by atoms with E-state index in [-0.39, 0.29) is 6.10 Å². The predicted octanol–water partition coefficient (Wildman–Crippen LogP) is 3.17. The Balaban J connectivity index is 1.83. The van der Waals surface area contributed by atoms with Crippen molar-refractivity contribution in [3.63, 3.8) is 0 Å². The van der Waals surface area contributed by atoms with Gasteiger partial charge >= 0.3 is 0 Å². The van der Waals surface area contributed by atoms with Gasteiger partial charge in [-0.2, -0.15) is 0 Å². The molecule has 2 N–H and O–H groups in total. The zero-order valence-electron chi connectivity index (χ0n) is 9.02. The van der Waals surface area contributed by atoms with Crippen molar-refractivity contribution < 1.29 is 5.11 Å². The molecular formula is C13H15NOS. The highest BCUT2D eigenvalue weighted by Crippen LogP contribution is 2.35. The molecule has 84 valence electrons. The molecule has 1 saturated carbocycles. The summed E-state index contributed by atoms with van der Waals surface area (Å²) >= 11 is 1.78. The Labute approximate surface area is 99.1 Å². The summed E-state index contributed by atoms with van der Waals surface area (Å²) in [5.41, 5.74) is 1.18. The Kier molecular flexibility index (Phi) is 2.65. The number of aliphatic hydroxyl groups is 1.